The van der Waals surface area contributed by atoms with Crippen molar-refractivity contribution in [2.75, 3.05) is 33.1 Å². The highest BCUT2D eigenvalue weighted by Crippen LogP contribution is 2.28. The first-order valence-electron chi connectivity index (χ1n) is 9.59. The van der Waals surface area contributed by atoms with Gasteiger partial charge in [-0.2, -0.15) is 4.52 Å². The van der Waals surface area contributed by atoms with Gasteiger partial charge in [0, 0.05) is 12.1 Å². The summed E-state index contributed by atoms with van der Waals surface area (Å²) in [7, 11) is 5.71. The molecule has 2 aromatic carbocycles. The number of hydrogen-bond acceptors (Lipinski definition) is 6. The maximum Gasteiger partial charge on any atom is 0.188 e. The van der Waals surface area contributed by atoms with Crippen LogP contribution in [-0.4, -0.2) is 52.5 Å². The lowest BCUT2D eigenvalue weighted by atomic mass is 10.0. The number of halogens is 1. The average Bonchev–Trinajstić information content (AvgIpc) is 3.17. The van der Waals surface area contributed by atoms with E-state index < -0.39 is 0 Å². The molecule has 1 N–H and O–H groups in total. The van der Waals surface area contributed by atoms with Crippen LogP contribution in [0.15, 0.2) is 60.7 Å². The molecule has 2 aromatic heterocycles. The van der Waals surface area contributed by atoms with Crippen molar-refractivity contribution in [2.24, 2.45) is 0 Å². The Morgan fingerprint density at radius 1 is 1.03 bits per heavy atom. The topological polar surface area (TPSA) is 67.6 Å². The summed E-state index contributed by atoms with van der Waals surface area (Å²) in [5, 5.41) is 16.2. The monoisotopic (exact) mass is 406 g/mol. The number of para-hydroxylation sites is 1. The van der Waals surface area contributed by atoms with Crippen LogP contribution in [-0.2, 0) is 0 Å². The van der Waals surface area contributed by atoms with E-state index in [1.54, 1.807) is 35.9 Å². The zero-order valence-corrected chi connectivity index (χ0v) is 17.1. The van der Waals surface area contributed by atoms with Crippen molar-refractivity contribution in [3.8, 4) is 17.1 Å². The number of fused-ring (bicyclic) bond motifs is 1. The van der Waals surface area contributed by atoms with Crippen LogP contribution >= 0.6 is 0 Å². The van der Waals surface area contributed by atoms with Crippen molar-refractivity contribution in [3.05, 3.63) is 72.0 Å². The largest absolute Gasteiger partial charge is 0.496 e. The number of ether oxygens (including phenoxy) is 1. The molecule has 30 heavy (non-hydrogen) atoms. The van der Waals surface area contributed by atoms with E-state index >= 15 is 0 Å². The molecule has 0 radical (unpaired) electrons. The molecule has 0 amide bonds. The Morgan fingerprint density at radius 2 is 1.80 bits per heavy atom. The summed E-state index contributed by atoms with van der Waals surface area (Å²) >= 11 is 0. The minimum absolute atomic E-state index is 0.0607. The minimum Gasteiger partial charge on any atom is -0.496 e. The van der Waals surface area contributed by atoms with Crippen LogP contribution < -0.4 is 10.1 Å². The predicted octanol–water partition coefficient (Wildman–Crippen LogP) is 3.65. The maximum absolute atomic E-state index is 14.2. The van der Waals surface area contributed by atoms with E-state index in [0.29, 0.717) is 29.4 Å². The lowest BCUT2D eigenvalue weighted by Crippen LogP contribution is -2.27. The fraction of sp³-hybridized carbons (Fsp3) is 0.227. The Labute approximate surface area is 174 Å². The minimum atomic E-state index is -0.365. The third-order valence-corrected chi connectivity index (χ3v) is 4.98. The lowest BCUT2D eigenvalue weighted by Gasteiger charge is -2.26. The third kappa shape index (κ3) is 3.81. The van der Waals surface area contributed by atoms with E-state index in [9.17, 15) is 4.39 Å². The molecule has 0 spiro atoms. The van der Waals surface area contributed by atoms with Gasteiger partial charge in [-0.1, -0.05) is 30.3 Å². The summed E-state index contributed by atoms with van der Waals surface area (Å²) in [6.07, 6.45) is 0. The van der Waals surface area contributed by atoms with Crippen LogP contribution in [0.1, 0.15) is 11.6 Å². The van der Waals surface area contributed by atoms with Crippen LogP contribution in [0.5, 0.6) is 5.75 Å². The summed E-state index contributed by atoms with van der Waals surface area (Å²) in [4.78, 5) is 2.12. The molecule has 0 aliphatic carbocycles. The van der Waals surface area contributed by atoms with Crippen molar-refractivity contribution in [1.29, 1.82) is 0 Å². The first kappa shape index (κ1) is 19.8. The summed E-state index contributed by atoms with van der Waals surface area (Å²) in [6, 6.07) is 18.1. The highest BCUT2D eigenvalue weighted by molar-refractivity contribution is 5.60. The summed E-state index contributed by atoms with van der Waals surface area (Å²) in [5.41, 5.74) is 1.98. The quantitative estimate of drug-likeness (QED) is 0.505. The van der Waals surface area contributed by atoms with Crippen molar-refractivity contribution < 1.29 is 9.13 Å². The number of benzene rings is 2. The molecule has 154 valence electrons. The molecule has 1 unspecified atom stereocenters. The van der Waals surface area contributed by atoms with Gasteiger partial charge in [-0.15, -0.1) is 15.3 Å². The van der Waals surface area contributed by atoms with Crippen molar-refractivity contribution in [1.82, 2.24) is 24.7 Å². The van der Waals surface area contributed by atoms with Crippen LogP contribution in [0.2, 0.25) is 0 Å². The molecule has 0 aliphatic heterocycles. The van der Waals surface area contributed by atoms with Gasteiger partial charge in [0.2, 0.25) is 0 Å². The highest BCUT2D eigenvalue weighted by Gasteiger charge is 2.19. The van der Waals surface area contributed by atoms with Gasteiger partial charge in [0.25, 0.3) is 0 Å². The fourth-order valence-corrected chi connectivity index (χ4v) is 3.41. The first-order valence-corrected chi connectivity index (χ1v) is 9.59. The van der Waals surface area contributed by atoms with E-state index in [-0.39, 0.29) is 11.9 Å². The number of likely N-dealkylation sites (N-methyl/N-ethyl adjacent to an activating group) is 1. The number of aromatic nitrogens is 4. The molecule has 0 saturated heterocycles. The van der Waals surface area contributed by atoms with Gasteiger partial charge in [0.15, 0.2) is 11.5 Å². The van der Waals surface area contributed by atoms with E-state index in [4.69, 9.17) is 4.74 Å². The van der Waals surface area contributed by atoms with Crippen LogP contribution in [0, 0.1) is 5.82 Å². The van der Waals surface area contributed by atoms with E-state index in [0.717, 1.165) is 11.3 Å². The lowest BCUT2D eigenvalue weighted by molar-refractivity contribution is 0.300. The Kier molecular flexibility index (Phi) is 5.58. The molecule has 7 nitrogen and oxygen atoms in total. The fourth-order valence-electron chi connectivity index (χ4n) is 3.41. The molecule has 0 fully saturated rings. The zero-order valence-electron chi connectivity index (χ0n) is 17.1. The molecule has 1 atom stereocenters. The smallest absolute Gasteiger partial charge is 0.188 e. The second-order valence-corrected chi connectivity index (χ2v) is 7.09. The molecular weight excluding hydrogens is 383 g/mol. The number of hydrogen-bond donors (Lipinski definition) is 1. The Bertz CT molecular complexity index is 1160. The summed E-state index contributed by atoms with van der Waals surface area (Å²) < 4.78 is 21.3. The van der Waals surface area contributed by atoms with Gasteiger partial charge in [-0.25, -0.2) is 4.39 Å². The maximum atomic E-state index is 14.2. The Balaban J connectivity index is 1.62. The molecule has 0 saturated carbocycles. The van der Waals surface area contributed by atoms with Gasteiger partial charge in [-0.05, 0) is 44.4 Å². The Hall–Kier alpha value is -3.52. The molecule has 0 aliphatic rings. The SMILES string of the molecule is COc1ccccc1C(CNc1ccc2nnc(-c3ccccc3F)n2n1)N(C)C. The standard InChI is InChI=1S/C22H23FN6O/c1-28(2)18(16-9-5-7-11-19(16)30-3)14-24-20-12-13-21-25-26-22(29(21)27-20)15-8-4-6-10-17(15)23/h4-13,18H,14H2,1-3H3,(H,24,27). The first-order chi connectivity index (χ1) is 14.6. The van der Waals surface area contributed by atoms with Gasteiger partial charge in [0.05, 0.1) is 18.7 Å². The van der Waals surface area contributed by atoms with Gasteiger partial charge in [-0.3, -0.25) is 0 Å². The van der Waals surface area contributed by atoms with Crippen LogP contribution in [0.25, 0.3) is 17.0 Å². The number of anilines is 1. The molecule has 2 heterocycles. The molecule has 4 aromatic rings. The number of nitrogens with zero attached hydrogens (tertiary/aromatic N) is 5. The van der Waals surface area contributed by atoms with Crippen LogP contribution in [0.4, 0.5) is 10.2 Å². The summed E-state index contributed by atoms with van der Waals surface area (Å²) in [5.74, 6) is 1.47. The van der Waals surface area contributed by atoms with E-state index in [1.807, 2.05) is 38.4 Å². The van der Waals surface area contributed by atoms with Crippen molar-refractivity contribution in [3.63, 3.8) is 0 Å². The second-order valence-electron chi connectivity index (χ2n) is 7.09. The van der Waals surface area contributed by atoms with E-state index in [1.165, 1.54) is 6.07 Å². The van der Waals surface area contributed by atoms with Crippen molar-refractivity contribution >= 4 is 11.5 Å². The normalized spacial score (nSPS) is 12.3. The van der Waals surface area contributed by atoms with Crippen LogP contribution in [0.3, 0.4) is 0 Å². The number of methoxy groups -OCH3 is 1. The number of nitrogens with one attached hydrogen (secondary N) is 1. The van der Waals surface area contributed by atoms with Gasteiger partial charge < -0.3 is 15.0 Å². The second kappa shape index (κ2) is 8.46. The predicted molar refractivity (Wildman–Crippen MR) is 114 cm³/mol. The zero-order chi connectivity index (χ0) is 21.1. The molecule has 4 rings (SSSR count). The third-order valence-electron chi connectivity index (χ3n) is 4.98. The summed E-state index contributed by atoms with van der Waals surface area (Å²) in [6.45, 7) is 0.600. The average molecular weight is 406 g/mol. The molecular formula is C22H23FN6O. The molecule has 0 bridgehead atoms. The van der Waals surface area contributed by atoms with Gasteiger partial charge in [0.1, 0.15) is 17.4 Å². The van der Waals surface area contributed by atoms with E-state index in [2.05, 4.69) is 31.6 Å². The molecule has 8 heteroatoms. The van der Waals surface area contributed by atoms with Gasteiger partial charge >= 0.3 is 0 Å². The van der Waals surface area contributed by atoms with Crippen molar-refractivity contribution in [2.45, 2.75) is 6.04 Å². The Morgan fingerprint density at radius 3 is 2.57 bits per heavy atom. The highest BCUT2D eigenvalue weighted by atomic mass is 19.1. The number of rotatable bonds is 7.